The van der Waals surface area contributed by atoms with Crippen molar-refractivity contribution in [2.45, 2.75) is 25.7 Å². The van der Waals surface area contributed by atoms with E-state index in [1.165, 1.54) is 25.7 Å². The summed E-state index contributed by atoms with van der Waals surface area (Å²) in [5.41, 5.74) is 0.679. The second kappa shape index (κ2) is 4.84. The van der Waals surface area contributed by atoms with Crippen LogP contribution in [0.3, 0.4) is 0 Å². The van der Waals surface area contributed by atoms with E-state index >= 15 is 0 Å². The van der Waals surface area contributed by atoms with Gasteiger partial charge in [0.2, 0.25) is 5.78 Å². The predicted molar refractivity (Wildman–Crippen MR) is 69.5 cm³/mol. The maximum atomic E-state index is 12.1. The van der Waals surface area contributed by atoms with E-state index in [4.69, 9.17) is 4.74 Å². The molecule has 0 N–H and O–H groups in total. The summed E-state index contributed by atoms with van der Waals surface area (Å²) in [5.74, 6) is 1.16. The van der Waals surface area contributed by atoms with Gasteiger partial charge in [0.1, 0.15) is 5.75 Å². The van der Waals surface area contributed by atoms with Crippen LogP contribution in [0.5, 0.6) is 5.75 Å². The van der Waals surface area contributed by atoms with Gasteiger partial charge in [-0.1, -0.05) is 25.0 Å². The highest BCUT2D eigenvalue weighted by Crippen LogP contribution is 2.30. The van der Waals surface area contributed by atoms with Crippen molar-refractivity contribution in [3.63, 3.8) is 0 Å². The van der Waals surface area contributed by atoms with Gasteiger partial charge in [-0.25, -0.2) is 0 Å². The third kappa shape index (κ3) is 2.13. The molecule has 0 atom stereocenters. The molecule has 3 heteroatoms. The molecule has 2 heterocycles. The van der Waals surface area contributed by atoms with Crippen LogP contribution in [0, 0.1) is 0 Å². The number of hydrogen-bond acceptors (Lipinski definition) is 3. The van der Waals surface area contributed by atoms with Gasteiger partial charge < -0.3 is 9.64 Å². The Morgan fingerprint density at radius 2 is 1.78 bits per heavy atom. The van der Waals surface area contributed by atoms with Crippen molar-refractivity contribution < 1.29 is 9.53 Å². The summed E-state index contributed by atoms with van der Waals surface area (Å²) in [6.45, 7) is 2.05. The molecule has 2 aliphatic heterocycles. The zero-order chi connectivity index (χ0) is 12.4. The number of hydrogen-bond donors (Lipinski definition) is 0. The lowest BCUT2D eigenvalue weighted by atomic mass is 10.1. The van der Waals surface area contributed by atoms with Crippen molar-refractivity contribution >= 4 is 5.78 Å². The molecular weight excluding hydrogens is 226 g/mol. The number of nitrogens with zero attached hydrogens (tertiary/aromatic N) is 1. The van der Waals surface area contributed by atoms with E-state index in [1.807, 2.05) is 30.5 Å². The fourth-order valence-electron chi connectivity index (χ4n) is 2.52. The maximum Gasteiger partial charge on any atom is 0.233 e. The van der Waals surface area contributed by atoms with Crippen LogP contribution in [-0.2, 0) is 0 Å². The molecule has 18 heavy (non-hydrogen) atoms. The highest BCUT2D eigenvalue weighted by Gasteiger charge is 2.27. The smallest absolute Gasteiger partial charge is 0.233 e. The van der Waals surface area contributed by atoms with Crippen molar-refractivity contribution in [3.8, 4) is 5.75 Å². The van der Waals surface area contributed by atoms with Crippen molar-refractivity contribution in [3.05, 3.63) is 41.8 Å². The molecule has 94 valence electrons. The predicted octanol–water partition coefficient (Wildman–Crippen LogP) is 2.98. The third-order valence-electron chi connectivity index (χ3n) is 3.52. The van der Waals surface area contributed by atoms with E-state index in [9.17, 15) is 4.79 Å². The summed E-state index contributed by atoms with van der Waals surface area (Å²) >= 11 is 0. The first-order valence-corrected chi connectivity index (χ1v) is 6.62. The number of Topliss-reactive ketones (excluding diaryl/α,β-unsaturated/α-hetero) is 1. The summed E-state index contributed by atoms with van der Waals surface area (Å²) in [4.78, 5) is 14.4. The molecule has 0 aliphatic carbocycles. The van der Waals surface area contributed by atoms with Crippen LogP contribution in [0.15, 0.2) is 36.2 Å². The van der Waals surface area contributed by atoms with E-state index in [0.717, 1.165) is 13.1 Å². The fraction of sp³-hybridized carbons (Fsp3) is 0.400. The monoisotopic (exact) mass is 243 g/mol. The van der Waals surface area contributed by atoms with Gasteiger partial charge in [0, 0.05) is 19.3 Å². The number of carbonyl (C=O) groups is 1. The van der Waals surface area contributed by atoms with Crippen LogP contribution in [0.2, 0.25) is 0 Å². The molecule has 1 aromatic carbocycles. The number of rotatable bonds is 1. The van der Waals surface area contributed by atoms with E-state index in [-0.39, 0.29) is 5.78 Å². The molecule has 3 rings (SSSR count). The molecule has 2 aliphatic rings. The van der Waals surface area contributed by atoms with Crippen molar-refractivity contribution in [2.24, 2.45) is 0 Å². The molecule has 0 saturated carbocycles. The summed E-state index contributed by atoms with van der Waals surface area (Å²) in [5, 5.41) is 0. The Hall–Kier alpha value is -1.77. The van der Waals surface area contributed by atoms with Crippen LogP contribution in [-0.4, -0.2) is 23.8 Å². The number of para-hydroxylation sites is 1. The molecule has 0 spiro atoms. The number of ether oxygens (including phenoxy) is 1. The Kier molecular flexibility index (Phi) is 3.05. The Balaban J connectivity index is 1.80. The number of likely N-dealkylation sites (tertiary alicyclic amines) is 1. The van der Waals surface area contributed by atoms with Crippen LogP contribution >= 0.6 is 0 Å². The van der Waals surface area contributed by atoms with Crippen molar-refractivity contribution in [2.75, 3.05) is 13.1 Å². The SMILES string of the molecule is O=C1/C(=C/N2CCCCCC2)Oc2ccccc21. The van der Waals surface area contributed by atoms with Gasteiger partial charge in [0.05, 0.1) is 5.56 Å². The zero-order valence-electron chi connectivity index (χ0n) is 10.4. The van der Waals surface area contributed by atoms with Crippen LogP contribution in [0.25, 0.3) is 0 Å². The number of ketones is 1. The lowest BCUT2D eigenvalue weighted by Crippen LogP contribution is -2.20. The molecule has 0 unspecified atom stereocenters. The lowest BCUT2D eigenvalue weighted by Gasteiger charge is -2.17. The second-order valence-electron chi connectivity index (χ2n) is 4.87. The average Bonchev–Trinajstić information content (AvgIpc) is 2.58. The molecule has 0 aromatic heterocycles. The minimum atomic E-state index is 0.00912. The minimum absolute atomic E-state index is 0.00912. The Labute approximate surface area is 107 Å². The van der Waals surface area contributed by atoms with Gasteiger partial charge in [-0.2, -0.15) is 0 Å². The number of carbonyl (C=O) groups excluding carboxylic acids is 1. The highest BCUT2D eigenvalue weighted by atomic mass is 16.5. The van der Waals surface area contributed by atoms with Gasteiger partial charge in [-0.05, 0) is 25.0 Å². The minimum Gasteiger partial charge on any atom is -0.451 e. The first-order chi connectivity index (χ1) is 8.84. The molecule has 0 bridgehead atoms. The van der Waals surface area contributed by atoms with Crippen molar-refractivity contribution in [1.29, 1.82) is 0 Å². The lowest BCUT2D eigenvalue weighted by molar-refractivity contribution is 0.101. The summed E-state index contributed by atoms with van der Waals surface area (Å²) < 4.78 is 5.63. The Morgan fingerprint density at radius 3 is 2.50 bits per heavy atom. The Bertz CT molecular complexity index is 485. The molecule has 1 fully saturated rings. The van der Waals surface area contributed by atoms with Crippen LogP contribution < -0.4 is 4.74 Å². The molecule has 1 aromatic rings. The van der Waals surface area contributed by atoms with Gasteiger partial charge in [0.25, 0.3) is 0 Å². The second-order valence-corrected chi connectivity index (χ2v) is 4.87. The number of allylic oxidation sites excluding steroid dienone is 1. The quantitative estimate of drug-likeness (QED) is 0.710. The van der Waals surface area contributed by atoms with E-state index in [0.29, 0.717) is 17.1 Å². The first-order valence-electron chi connectivity index (χ1n) is 6.62. The summed E-state index contributed by atoms with van der Waals surface area (Å²) in [6.07, 6.45) is 6.87. The largest absolute Gasteiger partial charge is 0.451 e. The maximum absolute atomic E-state index is 12.1. The first kappa shape index (κ1) is 11.3. The van der Waals surface area contributed by atoms with Gasteiger partial charge >= 0.3 is 0 Å². The van der Waals surface area contributed by atoms with Gasteiger partial charge in [-0.15, -0.1) is 0 Å². The van der Waals surface area contributed by atoms with Gasteiger partial charge in [-0.3, -0.25) is 4.79 Å². The molecule has 3 nitrogen and oxygen atoms in total. The molecular formula is C15H17NO2. The van der Waals surface area contributed by atoms with Gasteiger partial charge in [0.15, 0.2) is 5.76 Å². The standard InChI is InChI=1S/C15H17NO2/c17-15-12-7-3-4-8-13(12)18-14(15)11-16-9-5-1-2-6-10-16/h3-4,7-8,11H,1-2,5-6,9-10H2/b14-11-. The normalized spacial score (nSPS) is 21.7. The van der Waals surface area contributed by atoms with Crippen molar-refractivity contribution in [1.82, 2.24) is 4.90 Å². The van der Waals surface area contributed by atoms with E-state index < -0.39 is 0 Å². The number of fused-ring (bicyclic) bond motifs is 1. The summed E-state index contributed by atoms with van der Waals surface area (Å²) in [7, 11) is 0. The number of benzene rings is 1. The Morgan fingerprint density at radius 1 is 1.06 bits per heavy atom. The molecule has 0 radical (unpaired) electrons. The average molecular weight is 243 g/mol. The topological polar surface area (TPSA) is 29.5 Å². The van der Waals surface area contributed by atoms with Crippen LogP contribution in [0.4, 0.5) is 0 Å². The highest BCUT2D eigenvalue weighted by molar-refractivity contribution is 6.12. The van der Waals surface area contributed by atoms with E-state index in [1.54, 1.807) is 0 Å². The molecule has 1 saturated heterocycles. The van der Waals surface area contributed by atoms with Crippen LogP contribution in [0.1, 0.15) is 36.0 Å². The molecule has 0 amide bonds. The fourth-order valence-corrected chi connectivity index (χ4v) is 2.52. The van der Waals surface area contributed by atoms with E-state index in [2.05, 4.69) is 4.90 Å². The summed E-state index contributed by atoms with van der Waals surface area (Å²) in [6, 6.07) is 7.42. The third-order valence-corrected chi connectivity index (χ3v) is 3.52. The zero-order valence-corrected chi connectivity index (χ0v) is 10.4.